The highest BCUT2D eigenvalue weighted by atomic mass is 19.1. The molecule has 3 rings (SSSR count). The van der Waals surface area contributed by atoms with Gasteiger partial charge in [0.2, 0.25) is 0 Å². The van der Waals surface area contributed by atoms with Gasteiger partial charge in [0.15, 0.2) is 0 Å². The van der Waals surface area contributed by atoms with E-state index in [-0.39, 0.29) is 11.9 Å². The smallest absolute Gasteiger partial charge is 0.126 e. The number of para-hydroxylation sites is 1. The van der Waals surface area contributed by atoms with E-state index in [2.05, 4.69) is 4.98 Å². The first-order chi connectivity index (χ1) is 9.74. The van der Waals surface area contributed by atoms with Crippen LogP contribution in [-0.2, 0) is 6.42 Å². The van der Waals surface area contributed by atoms with Gasteiger partial charge in [-0.1, -0.05) is 42.5 Å². The Morgan fingerprint density at radius 2 is 1.70 bits per heavy atom. The molecule has 0 amide bonds. The maximum Gasteiger partial charge on any atom is 0.126 e. The molecule has 0 bridgehead atoms. The van der Waals surface area contributed by atoms with Crippen LogP contribution in [0.1, 0.15) is 17.3 Å². The molecule has 1 unspecified atom stereocenters. The molecule has 3 aromatic rings. The Kier molecular flexibility index (Phi) is 3.44. The van der Waals surface area contributed by atoms with Crippen molar-refractivity contribution in [1.29, 1.82) is 0 Å². The summed E-state index contributed by atoms with van der Waals surface area (Å²) in [4.78, 5) is 4.55. The van der Waals surface area contributed by atoms with Gasteiger partial charge in [-0.15, -0.1) is 0 Å². The average molecular weight is 266 g/mol. The fourth-order valence-corrected chi connectivity index (χ4v) is 2.29. The highest BCUT2D eigenvalue weighted by Gasteiger charge is 2.11. The zero-order valence-corrected chi connectivity index (χ0v) is 11.0. The topological polar surface area (TPSA) is 38.9 Å². The summed E-state index contributed by atoms with van der Waals surface area (Å²) >= 11 is 0. The summed E-state index contributed by atoms with van der Waals surface area (Å²) < 4.78 is 13.6. The zero-order valence-electron chi connectivity index (χ0n) is 11.0. The molecule has 1 atom stereocenters. The number of benzene rings is 2. The molecule has 0 aliphatic carbocycles. The van der Waals surface area contributed by atoms with Crippen LogP contribution in [0.2, 0.25) is 0 Å². The second kappa shape index (κ2) is 5.39. The largest absolute Gasteiger partial charge is 0.322 e. The summed E-state index contributed by atoms with van der Waals surface area (Å²) in [5.41, 5.74) is 8.47. The van der Waals surface area contributed by atoms with E-state index >= 15 is 0 Å². The van der Waals surface area contributed by atoms with Crippen molar-refractivity contribution in [2.75, 3.05) is 0 Å². The lowest BCUT2D eigenvalue weighted by molar-refractivity contribution is 0.590. The number of nitrogens with two attached hydrogens (primary N) is 1. The van der Waals surface area contributed by atoms with Gasteiger partial charge >= 0.3 is 0 Å². The molecule has 0 fully saturated rings. The monoisotopic (exact) mass is 266 g/mol. The summed E-state index contributed by atoms with van der Waals surface area (Å²) in [6, 6.07) is 18.2. The van der Waals surface area contributed by atoms with Crippen molar-refractivity contribution in [3.8, 4) is 0 Å². The molecule has 2 N–H and O–H groups in total. The summed E-state index contributed by atoms with van der Waals surface area (Å²) in [6.45, 7) is 0. The molecule has 1 aromatic heterocycles. The van der Waals surface area contributed by atoms with E-state index in [1.54, 1.807) is 12.1 Å². The van der Waals surface area contributed by atoms with Crippen LogP contribution in [0.5, 0.6) is 0 Å². The number of pyridine rings is 1. The summed E-state index contributed by atoms with van der Waals surface area (Å²) in [5, 5.41) is 1.08. The first-order valence-electron chi connectivity index (χ1n) is 6.59. The van der Waals surface area contributed by atoms with E-state index in [1.165, 1.54) is 6.07 Å². The van der Waals surface area contributed by atoms with Gasteiger partial charge in [-0.2, -0.15) is 0 Å². The number of fused-ring (bicyclic) bond motifs is 1. The zero-order chi connectivity index (χ0) is 13.9. The molecule has 0 aliphatic rings. The fraction of sp³-hybridized carbons (Fsp3) is 0.118. The van der Waals surface area contributed by atoms with E-state index < -0.39 is 0 Å². The lowest BCUT2D eigenvalue weighted by atomic mass is 10.0. The van der Waals surface area contributed by atoms with Crippen LogP contribution in [0.4, 0.5) is 4.39 Å². The van der Waals surface area contributed by atoms with Gasteiger partial charge in [-0.05, 0) is 30.2 Å². The standard InChI is InChI=1S/C17H15FN2/c18-14-7-3-1-6-13(14)11-15(19)17-10-9-12-5-2-4-8-16(12)20-17/h1-10,15H,11,19H2. The van der Waals surface area contributed by atoms with Crippen molar-refractivity contribution in [3.63, 3.8) is 0 Å². The number of hydrogen-bond acceptors (Lipinski definition) is 2. The van der Waals surface area contributed by atoms with Crippen molar-refractivity contribution < 1.29 is 4.39 Å². The molecular formula is C17H15FN2. The third-order valence-electron chi connectivity index (χ3n) is 3.40. The van der Waals surface area contributed by atoms with Crippen molar-refractivity contribution >= 4 is 10.9 Å². The van der Waals surface area contributed by atoms with E-state index in [0.29, 0.717) is 12.0 Å². The third kappa shape index (κ3) is 2.53. The van der Waals surface area contributed by atoms with Crippen LogP contribution in [0.15, 0.2) is 60.7 Å². The van der Waals surface area contributed by atoms with Gasteiger partial charge in [0, 0.05) is 5.39 Å². The first-order valence-corrected chi connectivity index (χ1v) is 6.59. The van der Waals surface area contributed by atoms with E-state index in [0.717, 1.165) is 16.6 Å². The maximum atomic E-state index is 13.6. The van der Waals surface area contributed by atoms with Crippen LogP contribution >= 0.6 is 0 Å². The maximum absolute atomic E-state index is 13.6. The quantitative estimate of drug-likeness (QED) is 0.786. The fourth-order valence-electron chi connectivity index (χ4n) is 2.29. The average Bonchev–Trinajstić information content (AvgIpc) is 2.49. The number of aromatic nitrogens is 1. The van der Waals surface area contributed by atoms with E-state index in [9.17, 15) is 4.39 Å². The lowest BCUT2D eigenvalue weighted by Crippen LogP contribution is -2.15. The van der Waals surface area contributed by atoms with Crippen molar-refractivity contribution in [3.05, 3.63) is 77.7 Å². The van der Waals surface area contributed by atoms with Gasteiger partial charge in [-0.25, -0.2) is 4.39 Å². The number of halogens is 1. The molecule has 2 aromatic carbocycles. The minimum Gasteiger partial charge on any atom is -0.322 e. The van der Waals surface area contributed by atoms with Crippen molar-refractivity contribution in [2.24, 2.45) is 5.73 Å². The Bertz CT molecular complexity index is 740. The van der Waals surface area contributed by atoms with Gasteiger partial charge in [0.05, 0.1) is 17.3 Å². The first kappa shape index (κ1) is 12.8. The van der Waals surface area contributed by atoms with Gasteiger partial charge in [0.25, 0.3) is 0 Å². The summed E-state index contributed by atoms with van der Waals surface area (Å²) in [6.07, 6.45) is 0.442. The Morgan fingerprint density at radius 3 is 2.55 bits per heavy atom. The Morgan fingerprint density at radius 1 is 0.950 bits per heavy atom. The lowest BCUT2D eigenvalue weighted by Gasteiger charge is -2.12. The van der Waals surface area contributed by atoms with Crippen LogP contribution in [0.25, 0.3) is 10.9 Å². The van der Waals surface area contributed by atoms with Crippen LogP contribution in [-0.4, -0.2) is 4.98 Å². The minimum atomic E-state index is -0.309. The number of nitrogens with zero attached hydrogens (tertiary/aromatic N) is 1. The normalized spacial score (nSPS) is 12.5. The summed E-state index contributed by atoms with van der Waals surface area (Å²) in [7, 11) is 0. The van der Waals surface area contributed by atoms with E-state index in [4.69, 9.17) is 5.73 Å². The Balaban J connectivity index is 1.89. The van der Waals surface area contributed by atoms with Crippen molar-refractivity contribution in [2.45, 2.75) is 12.5 Å². The SMILES string of the molecule is NC(Cc1ccccc1F)c1ccc2ccccc2n1. The molecule has 20 heavy (non-hydrogen) atoms. The highest BCUT2D eigenvalue weighted by molar-refractivity contribution is 5.78. The molecule has 0 saturated carbocycles. The van der Waals surface area contributed by atoms with Crippen LogP contribution < -0.4 is 5.73 Å². The molecule has 0 spiro atoms. The highest BCUT2D eigenvalue weighted by Crippen LogP contribution is 2.19. The molecular weight excluding hydrogens is 251 g/mol. The molecule has 0 radical (unpaired) electrons. The molecule has 100 valence electrons. The predicted molar refractivity (Wildman–Crippen MR) is 78.8 cm³/mol. The third-order valence-corrected chi connectivity index (χ3v) is 3.40. The number of hydrogen-bond donors (Lipinski definition) is 1. The molecule has 1 heterocycles. The van der Waals surface area contributed by atoms with Gasteiger partial charge < -0.3 is 5.73 Å². The second-order valence-corrected chi connectivity index (χ2v) is 4.83. The van der Waals surface area contributed by atoms with Gasteiger partial charge in [0.1, 0.15) is 5.82 Å². The van der Waals surface area contributed by atoms with Crippen molar-refractivity contribution in [1.82, 2.24) is 4.98 Å². The Hall–Kier alpha value is -2.26. The second-order valence-electron chi connectivity index (χ2n) is 4.83. The molecule has 0 saturated heterocycles. The van der Waals surface area contributed by atoms with Crippen LogP contribution in [0.3, 0.4) is 0 Å². The molecule has 3 heteroatoms. The molecule has 0 aliphatic heterocycles. The minimum absolute atomic E-state index is 0.219. The Labute approximate surface area is 117 Å². The van der Waals surface area contributed by atoms with Gasteiger partial charge in [-0.3, -0.25) is 4.98 Å². The van der Waals surface area contributed by atoms with Crippen LogP contribution in [0, 0.1) is 5.82 Å². The molecule has 2 nitrogen and oxygen atoms in total. The van der Waals surface area contributed by atoms with E-state index in [1.807, 2.05) is 42.5 Å². The number of rotatable bonds is 3. The predicted octanol–water partition coefficient (Wildman–Crippen LogP) is 3.62. The summed E-state index contributed by atoms with van der Waals surface area (Å²) in [5.74, 6) is -0.219.